The summed E-state index contributed by atoms with van der Waals surface area (Å²) in [5.74, 6) is 0.902. The van der Waals surface area contributed by atoms with Gasteiger partial charge in [-0.25, -0.2) is 0 Å². The van der Waals surface area contributed by atoms with E-state index < -0.39 is 0 Å². The van der Waals surface area contributed by atoms with E-state index in [2.05, 4.69) is 19.1 Å². The number of ether oxygens (including phenoxy) is 1. The summed E-state index contributed by atoms with van der Waals surface area (Å²) < 4.78 is 6.00. The zero-order valence-electron chi connectivity index (χ0n) is 11.3. The Balaban J connectivity index is 2.00. The summed E-state index contributed by atoms with van der Waals surface area (Å²) in [4.78, 5) is 0. The largest absolute Gasteiger partial charge is 0.488 e. The van der Waals surface area contributed by atoms with Crippen LogP contribution in [0.25, 0.3) is 0 Å². The van der Waals surface area contributed by atoms with Gasteiger partial charge >= 0.3 is 0 Å². The summed E-state index contributed by atoms with van der Waals surface area (Å²) >= 11 is 0. The van der Waals surface area contributed by atoms with Gasteiger partial charge in [-0.2, -0.15) is 0 Å². The zero-order chi connectivity index (χ0) is 12.8. The fraction of sp³-hybridized carbons (Fsp3) is 0.625. The van der Waals surface area contributed by atoms with Crippen molar-refractivity contribution in [1.82, 2.24) is 0 Å². The van der Waals surface area contributed by atoms with Crippen LogP contribution in [0, 0.1) is 0 Å². The number of hydrogen-bond acceptors (Lipinski definition) is 2. The Bertz CT molecular complexity index is 362. The van der Waals surface area contributed by atoms with Gasteiger partial charge in [-0.3, -0.25) is 0 Å². The van der Waals surface area contributed by atoms with Gasteiger partial charge in [-0.15, -0.1) is 0 Å². The fourth-order valence-corrected chi connectivity index (χ4v) is 2.58. The van der Waals surface area contributed by atoms with Gasteiger partial charge in [0.1, 0.15) is 11.9 Å². The van der Waals surface area contributed by atoms with Gasteiger partial charge in [-0.1, -0.05) is 38.3 Å². The zero-order valence-corrected chi connectivity index (χ0v) is 11.3. The van der Waals surface area contributed by atoms with E-state index in [0.29, 0.717) is 0 Å². The number of aliphatic hydroxyl groups excluding tert-OH is 1. The maximum atomic E-state index is 10.1. The maximum absolute atomic E-state index is 10.1. The first-order chi connectivity index (χ1) is 8.79. The van der Waals surface area contributed by atoms with Crippen LogP contribution in [-0.4, -0.2) is 17.3 Å². The minimum Gasteiger partial charge on any atom is -0.488 e. The molecule has 1 aromatic carbocycles. The fourth-order valence-electron chi connectivity index (χ4n) is 2.58. The number of rotatable bonds is 3. The molecule has 1 aliphatic rings. The predicted octanol–water partition coefficient (Wildman–Crippen LogP) is 3.71. The lowest BCUT2D eigenvalue weighted by atomic mass is 9.96. The summed E-state index contributed by atoms with van der Waals surface area (Å²) in [6.45, 7) is 2.14. The highest BCUT2D eigenvalue weighted by Gasteiger charge is 2.22. The molecule has 0 aromatic heterocycles. The second-order valence-electron chi connectivity index (χ2n) is 5.22. The quantitative estimate of drug-likeness (QED) is 0.883. The van der Waals surface area contributed by atoms with Crippen LogP contribution >= 0.6 is 0 Å². The van der Waals surface area contributed by atoms with E-state index in [1.54, 1.807) is 0 Å². The van der Waals surface area contributed by atoms with E-state index in [9.17, 15) is 5.11 Å². The smallest absolute Gasteiger partial charge is 0.124 e. The molecule has 2 nitrogen and oxygen atoms in total. The third-order valence-electron chi connectivity index (χ3n) is 3.76. The van der Waals surface area contributed by atoms with E-state index in [4.69, 9.17) is 4.74 Å². The first kappa shape index (κ1) is 13.4. The van der Waals surface area contributed by atoms with Gasteiger partial charge < -0.3 is 9.84 Å². The first-order valence-electron chi connectivity index (χ1n) is 7.23. The van der Waals surface area contributed by atoms with Crippen LogP contribution in [0.3, 0.4) is 0 Å². The molecule has 0 radical (unpaired) electrons. The molecule has 1 N–H and O–H groups in total. The molecule has 0 saturated heterocycles. The lowest BCUT2D eigenvalue weighted by Crippen LogP contribution is -2.32. The van der Waals surface area contributed by atoms with Gasteiger partial charge in [0.25, 0.3) is 0 Å². The van der Waals surface area contributed by atoms with Crippen molar-refractivity contribution in [2.45, 2.75) is 64.1 Å². The highest BCUT2D eigenvalue weighted by Crippen LogP contribution is 2.23. The summed E-state index contributed by atoms with van der Waals surface area (Å²) in [6.07, 6.45) is 7.31. The Hall–Kier alpha value is -1.02. The molecular formula is C16H24O2. The topological polar surface area (TPSA) is 29.5 Å². The van der Waals surface area contributed by atoms with Gasteiger partial charge in [0.05, 0.1) is 6.10 Å². The number of hydrogen-bond donors (Lipinski definition) is 1. The monoisotopic (exact) mass is 248 g/mol. The van der Waals surface area contributed by atoms with Gasteiger partial charge in [-0.05, 0) is 43.4 Å². The number of benzene rings is 1. The van der Waals surface area contributed by atoms with Crippen molar-refractivity contribution < 1.29 is 9.84 Å². The molecule has 1 aromatic rings. The van der Waals surface area contributed by atoms with Crippen LogP contribution < -0.4 is 4.74 Å². The second kappa shape index (κ2) is 6.79. The number of aryl methyl sites for hydroxylation is 1. The van der Waals surface area contributed by atoms with Crippen LogP contribution in [0.15, 0.2) is 24.3 Å². The molecule has 2 atom stereocenters. The third kappa shape index (κ3) is 3.74. The van der Waals surface area contributed by atoms with E-state index in [1.165, 1.54) is 18.4 Å². The molecule has 0 bridgehead atoms. The highest BCUT2D eigenvalue weighted by atomic mass is 16.5. The second-order valence-corrected chi connectivity index (χ2v) is 5.22. The SMILES string of the molecule is CCc1cccc(OC2CCCCCCC2O)c1. The van der Waals surface area contributed by atoms with Crippen molar-refractivity contribution in [1.29, 1.82) is 0 Å². The maximum Gasteiger partial charge on any atom is 0.124 e. The van der Waals surface area contributed by atoms with Crippen LogP contribution in [0.2, 0.25) is 0 Å². The summed E-state index contributed by atoms with van der Waals surface area (Å²) in [5, 5.41) is 10.1. The van der Waals surface area contributed by atoms with Crippen LogP contribution in [0.4, 0.5) is 0 Å². The molecule has 2 heteroatoms. The minimum absolute atomic E-state index is 0.0302. The first-order valence-corrected chi connectivity index (χ1v) is 7.23. The van der Waals surface area contributed by atoms with E-state index in [1.807, 2.05) is 12.1 Å². The normalized spacial score (nSPS) is 25.2. The molecule has 1 saturated carbocycles. The third-order valence-corrected chi connectivity index (χ3v) is 3.76. The van der Waals surface area contributed by atoms with Crippen LogP contribution in [-0.2, 0) is 6.42 Å². The Labute approximate surface area is 110 Å². The molecule has 2 unspecified atom stereocenters. The minimum atomic E-state index is -0.310. The van der Waals surface area contributed by atoms with Crippen LogP contribution in [0.1, 0.15) is 51.0 Å². The molecule has 0 spiro atoms. The Kier molecular flexibility index (Phi) is 5.06. The summed E-state index contributed by atoms with van der Waals surface area (Å²) in [5.41, 5.74) is 1.29. The van der Waals surface area contributed by atoms with Crippen LogP contribution in [0.5, 0.6) is 5.75 Å². The van der Waals surface area contributed by atoms with Crippen molar-refractivity contribution >= 4 is 0 Å². The molecule has 18 heavy (non-hydrogen) atoms. The summed E-state index contributed by atoms with van der Waals surface area (Å²) in [7, 11) is 0. The molecule has 0 heterocycles. The van der Waals surface area contributed by atoms with E-state index >= 15 is 0 Å². The average molecular weight is 248 g/mol. The van der Waals surface area contributed by atoms with Crippen molar-refractivity contribution in [2.24, 2.45) is 0 Å². The van der Waals surface area contributed by atoms with Gasteiger partial charge in [0.15, 0.2) is 0 Å². The van der Waals surface area contributed by atoms with Crippen molar-refractivity contribution in [3.63, 3.8) is 0 Å². The lowest BCUT2D eigenvalue weighted by molar-refractivity contribution is 0.0187. The van der Waals surface area contributed by atoms with Crippen molar-refractivity contribution in [2.75, 3.05) is 0 Å². The predicted molar refractivity (Wildman–Crippen MR) is 73.9 cm³/mol. The average Bonchev–Trinajstić information content (AvgIpc) is 2.39. The van der Waals surface area contributed by atoms with E-state index in [-0.39, 0.29) is 12.2 Å². The molecule has 0 amide bonds. The Morgan fingerprint density at radius 1 is 1.17 bits per heavy atom. The van der Waals surface area contributed by atoms with Crippen molar-refractivity contribution in [3.8, 4) is 5.75 Å². The summed E-state index contributed by atoms with van der Waals surface area (Å²) in [6, 6.07) is 8.22. The Morgan fingerprint density at radius 2 is 1.94 bits per heavy atom. The Morgan fingerprint density at radius 3 is 2.72 bits per heavy atom. The van der Waals surface area contributed by atoms with Gasteiger partial charge in [0.2, 0.25) is 0 Å². The lowest BCUT2D eigenvalue weighted by Gasteiger charge is -2.26. The standard InChI is InChI=1S/C16H24O2/c1-2-13-8-7-9-14(12-13)18-16-11-6-4-3-5-10-15(16)17/h7-9,12,15-17H,2-6,10-11H2,1H3. The molecular weight excluding hydrogens is 224 g/mol. The molecule has 0 aliphatic heterocycles. The van der Waals surface area contributed by atoms with Crippen molar-refractivity contribution in [3.05, 3.63) is 29.8 Å². The molecule has 1 aliphatic carbocycles. The number of aliphatic hydroxyl groups is 1. The van der Waals surface area contributed by atoms with Gasteiger partial charge in [0, 0.05) is 0 Å². The molecule has 1 fully saturated rings. The molecule has 2 rings (SSSR count). The van der Waals surface area contributed by atoms with E-state index in [0.717, 1.165) is 37.9 Å². The highest BCUT2D eigenvalue weighted by molar-refractivity contribution is 5.28. The molecule has 100 valence electrons.